The second kappa shape index (κ2) is 8.08. The van der Waals surface area contributed by atoms with Crippen molar-refractivity contribution in [1.29, 1.82) is 0 Å². The van der Waals surface area contributed by atoms with Gasteiger partial charge in [0, 0.05) is 11.1 Å². The summed E-state index contributed by atoms with van der Waals surface area (Å²) in [6.07, 6.45) is 6.88. The van der Waals surface area contributed by atoms with Crippen molar-refractivity contribution < 1.29 is 14.0 Å². The van der Waals surface area contributed by atoms with E-state index in [1.807, 2.05) is 48.5 Å². The van der Waals surface area contributed by atoms with Gasteiger partial charge >= 0.3 is 0 Å². The fourth-order valence-corrected chi connectivity index (χ4v) is 3.19. The van der Waals surface area contributed by atoms with Crippen LogP contribution in [0.3, 0.4) is 0 Å². The van der Waals surface area contributed by atoms with Crippen LogP contribution in [0, 0.1) is 0 Å². The number of ether oxygens (including phenoxy) is 2. The average molecular weight is 362 g/mol. The predicted molar refractivity (Wildman–Crippen MR) is 104 cm³/mol. The van der Waals surface area contributed by atoms with Gasteiger partial charge < -0.3 is 14.0 Å². The Bertz CT molecular complexity index is 879. The second-order valence-corrected chi connectivity index (χ2v) is 6.60. The van der Waals surface area contributed by atoms with E-state index in [2.05, 4.69) is 16.7 Å². The van der Waals surface area contributed by atoms with Crippen LogP contribution in [-0.4, -0.2) is 22.9 Å². The summed E-state index contributed by atoms with van der Waals surface area (Å²) in [7, 11) is 0. The molecule has 1 heterocycles. The first kappa shape index (κ1) is 17.3. The third-order valence-corrected chi connectivity index (χ3v) is 4.61. The molecule has 0 N–H and O–H groups in total. The smallest absolute Gasteiger partial charge is 0.258 e. The molecule has 0 amide bonds. The Morgan fingerprint density at radius 1 is 0.963 bits per heavy atom. The van der Waals surface area contributed by atoms with E-state index >= 15 is 0 Å². The molecule has 0 radical (unpaired) electrons. The fourth-order valence-electron chi connectivity index (χ4n) is 3.19. The van der Waals surface area contributed by atoms with Crippen molar-refractivity contribution in [2.24, 2.45) is 0 Å². The van der Waals surface area contributed by atoms with E-state index in [1.54, 1.807) is 6.08 Å². The Hall–Kier alpha value is -3.08. The zero-order valence-corrected chi connectivity index (χ0v) is 15.1. The van der Waals surface area contributed by atoms with Crippen molar-refractivity contribution in [3.8, 4) is 34.3 Å². The van der Waals surface area contributed by atoms with Gasteiger partial charge in [0.25, 0.3) is 5.89 Å². The molecule has 5 nitrogen and oxygen atoms in total. The molecular weight excluding hydrogens is 340 g/mol. The van der Waals surface area contributed by atoms with E-state index in [-0.39, 0.29) is 0 Å². The number of nitrogens with zero attached hydrogens (tertiary/aromatic N) is 2. The minimum Gasteiger partial charge on any atom is -0.490 e. The Kier molecular flexibility index (Phi) is 5.19. The van der Waals surface area contributed by atoms with Gasteiger partial charge in [-0.2, -0.15) is 4.98 Å². The fraction of sp³-hybridized carbons (Fsp3) is 0.273. The molecule has 0 unspecified atom stereocenters. The Morgan fingerprint density at radius 2 is 1.63 bits per heavy atom. The van der Waals surface area contributed by atoms with Gasteiger partial charge in [0.05, 0.1) is 6.10 Å². The summed E-state index contributed by atoms with van der Waals surface area (Å²) in [4.78, 5) is 4.50. The predicted octanol–water partition coefficient (Wildman–Crippen LogP) is 5.29. The van der Waals surface area contributed by atoms with Gasteiger partial charge in [0.2, 0.25) is 5.82 Å². The van der Waals surface area contributed by atoms with Crippen molar-refractivity contribution in [3.63, 3.8) is 0 Å². The van der Waals surface area contributed by atoms with Gasteiger partial charge in [-0.3, -0.25) is 0 Å². The maximum absolute atomic E-state index is 6.00. The third-order valence-electron chi connectivity index (χ3n) is 4.61. The number of hydrogen-bond acceptors (Lipinski definition) is 5. The quantitative estimate of drug-likeness (QED) is 0.535. The molecule has 3 aromatic rings. The largest absolute Gasteiger partial charge is 0.490 e. The Balaban J connectivity index is 1.44. The molecule has 0 spiro atoms. The first-order chi connectivity index (χ1) is 13.3. The zero-order valence-electron chi connectivity index (χ0n) is 15.1. The maximum atomic E-state index is 6.00. The molecule has 2 aromatic carbocycles. The van der Waals surface area contributed by atoms with Crippen molar-refractivity contribution in [3.05, 3.63) is 61.2 Å². The molecule has 5 heteroatoms. The standard InChI is InChI=1S/C22H22N2O3/c1-2-15-25-18-11-9-17(10-12-18)22-23-21(24-27-22)16-7-13-20(14-8-16)26-19-5-3-4-6-19/h2,7-14,19H,1,3-6,15H2. The second-order valence-electron chi connectivity index (χ2n) is 6.60. The molecule has 1 aliphatic rings. The van der Waals surface area contributed by atoms with E-state index < -0.39 is 0 Å². The van der Waals surface area contributed by atoms with Crippen LogP contribution in [0.1, 0.15) is 25.7 Å². The molecule has 1 fully saturated rings. The molecule has 0 aliphatic heterocycles. The highest BCUT2D eigenvalue weighted by Crippen LogP contribution is 2.27. The van der Waals surface area contributed by atoms with Crippen LogP contribution < -0.4 is 9.47 Å². The number of rotatable bonds is 7. The monoisotopic (exact) mass is 362 g/mol. The lowest BCUT2D eigenvalue weighted by Crippen LogP contribution is -2.10. The van der Waals surface area contributed by atoms with E-state index in [1.165, 1.54) is 12.8 Å². The molecule has 0 bridgehead atoms. The summed E-state index contributed by atoms with van der Waals surface area (Å²) >= 11 is 0. The van der Waals surface area contributed by atoms with Crippen molar-refractivity contribution in [2.45, 2.75) is 31.8 Å². The van der Waals surface area contributed by atoms with Gasteiger partial charge in [0.1, 0.15) is 18.1 Å². The summed E-state index contributed by atoms with van der Waals surface area (Å²) in [5.41, 5.74) is 1.75. The summed E-state index contributed by atoms with van der Waals surface area (Å²) in [6.45, 7) is 4.11. The van der Waals surface area contributed by atoms with Crippen molar-refractivity contribution >= 4 is 0 Å². The van der Waals surface area contributed by atoms with Gasteiger partial charge in [-0.15, -0.1) is 0 Å². The van der Waals surface area contributed by atoms with Crippen LogP contribution in [-0.2, 0) is 0 Å². The molecule has 1 aromatic heterocycles. The van der Waals surface area contributed by atoms with E-state index in [0.717, 1.165) is 35.5 Å². The van der Waals surface area contributed by atoms with Crippen LogP contribution in [0.4, 0.5) is 0 Å². The van der Waals surface area contributed by atoms with E-state index in [0.29, 0.717) is 24.4 Å². The van der Waals surface area contributed by atoms with Crippen molar-refractivity contribution in [1.82, 2.24) is 10.1 Å². The first-order valence-corrected chi connectivity index (χ1v) is 9.27. The van der Waals surface area contributed by atoms with Crippen LogP contribution in [0.25, 0.3) is 22.8 Å². The lowest BCUT2D eigenvalue weighted by molar-refractivity contribution is 0.210. The van der Waals surface area contributed by atoms with Crippen LogP contribution >= 0.6 is 0 Å². The lowest BCUT2D eigenvalue weighted by atomic mass is 10.2. The summed E-state index contributed by atoms with van der Waals surface area (Å²) in [5, 5.41) is 4.10. The molecule has 0 atom stereocenters. The minimum atomic E-state index is 0.353. The summed E-state index contributed by atoms with van der Waals surface area (Å²) in [5.74, 6) is 2.71. The summed E-state index contributed by atoms with van der Waals surface area (Å²) < 4.78 is 16.9. The SMILES string of the molecule is C=CCOc1ccc(-c2nc(-c3ccc(OC4CCCC4)cc3)no2)cc1. The third kappa shape index (κ3) is 4.19. The molecule has 1 aliphatic carbocycles. The minimum absolute atomic E-state index is 0.353. The number of benzene rings is 2. The van der Waals surface area contributed by atoms with Crippen molar-refractivity contribution in [2.75, 3.05) is 6.61 Å². The lowest BCUT2D eigenvalue weighted by Gasteiger charge is -2.12. The zero-order chi connectivity index (χ0) is 18.5. The Labute approximate surface area is 158 Å². The highest BCUT2D eigenvalue weighted by molar-refractivity contribution is 5.60. The average Bonchev–Trinajstić information content (AvgIpc) is 3.40. The topological polar surface area (TPSA) is 57.4 Å². The van der Waals surface area contributed by atoms with E-state index in [4.69, 9.17) is 14.0 Å². The molecular formula is C22H22N2O3. The van der Waals surface area contributed by atoms with Gasteiger partial charge in [-0.05, 0) is 74.2 Å². The van der Waals surface area contributed by atoms with Crippen LogP contribution in [0.2, 0.25) is 0 Å². The van der Waals surface area contributed by atoms with E-state index in [9.17, 15) is 0 Å². The number of aromatic nitrogens is 2. The summed E-state index contributed by atoms with van der Waals surface area (Å²) in [6, 6.07) is 15.4. The molecule has 4 rings (SSSR count). The van der Waals surface area contributed by atoms with Gasteiger partial charge in [0.15, 0.2) is 0 Å². The maximum Gasteiger partial charge on any atom is 0.258 e. The highest BCUT2D eigenvalue weighted by Gasteiger charge is 2.17. The Morgan fingerprint density at radius 3 is 2.33 bits per heavy atom. The van der Waals surface area contributed by atoms with Gasteiger partial charge in [-0.1, -0.05) is 17.8 Å². The molecule has 27 heavy (non-hydrogen) atoms. The van der Waals surface area contributed by atoms with Crippen LogP contribution in [0.5, 0.6) is 11.5 Å². The molecule has 138 valence electrons. The first-order valence-electron chi connectivity index (χ1n) is 9.27. The molecule has 1 saturated carbocycles. The normalized spacial score (nSPS) is 14.2. The highest BCUT2D eigenvalue weighted by atomic mass is 16.5. The molecule has 0 saturated heterocycles. The van der Waals surface area contributed by atoms with Gasteiger partial charge in [-0.25, -0.2) is 0 Å². The number of hydrogen-bond donors (Lipinski definition) is 0. The van der Waals surface area contributed by atoms with Crippen LogP contribution in [0.15, 0.2) is 65.7 Å².